The highest BCUT2D eigenvalue weighted by Crippen LogP contribution is 2.16. The topological polar surface area (TPSA) is 32.3 Å². The minimum Gasteiger partial charge on any atom is -0.348 e. The Morgan fingerprint density at radius 3 is 2.33 bits per heavy atom. The Morgan fingerprint density at radius 1 is 0.958 bits per heavy atom. The SMILES string of the molecule is O=C(NCc1ccc(CN2CCCCC2)cc1)c1ccccc1Cl. The minimum absolute atomic E-state index is 0.141. The number of nitrogens with one attached hydrogen (secondary N) is 1. The van der Waals surface area contributed by atoms with Gasteiger partial charge in [0.15, 0.2) is 0 Å². The number of amides is 1. The molecule has 1 fully saturated rings. The Labute approximate surface area is 148 Å². The lowest BCUT2D eigenvalue weighted by Crippen LogP contribution is -2.29. The zero-order valence-corrected chi connectivity index (χ0v) is 14.6. The molecule has 0 saturated carbocycles. The molecule has 1 N–H and O–H groups in total. The van der Waals surface area contributed by atoms with Crippen LogP contribution in [0, 0.1) is 0 Å². The van der Waals surface area contributed by atoms with E-state index in [1.165, 1.54) is 37.9 Å². The molecule has 4 heteroatoms. The van der Waals surface area contributed by atoms with Crippen LogP contribution in [0.3, 0.4) is 0 Å². The smallest absolute Gasteiger partial charge is 0.253 e. The third kappa shape index (κ3) is 4.59. The molecule has 0 aliphatic carbocycles. The number of carbonyl (C=O) groups is 1. The van der Waals surface area contributed by atoms with E-state index in [-0.39, 0.29) is 5.91 Å². The fourth-order valence-electron chi connectivity index (χ4n) is 3.06. The van der Waals surface area contributed by atoms with Crippen molar-refractivity contribution in [1.82, 2.24) is 10.2 Å². The summed E-state index contributed by atoms with van der Waals surface area (Å²) in [7, 11) is 0. The minimum atomic E-state index is -0.141. The van der Waals surface area contributed by atoms with Crippen LogP contribution in [0.4, 0.5) is 0 Å². The number of piperidine rings is 1. The average molecular weight is 343 g/mol. The average Bonchev–Trinajstić information content (AvgIpc) is 2.62. The summed E-state index contributed by atoms with van der Waals surface area (Å²) in [6.07, 6.45) is 3.99. The largest absolute Gasteiger partial charge is 0.348 e. The molecule has 126 valence electrons. The summed E-state index contributed by atoms with van der Waals surface area (Å²) >= 11 is 6.05. The molecule has 2 aromatic carbocycles. The van der Waals surface area contributed by atoms with Gasteiger partial charge in [-0.05, 0) is 49.2 Å². The van der Waals surface area contributed by atoms with Gasteiger partial charge in [0.25, 0.3) is 5.91 Å². The maximum atomic E-state index is 12.2. The Hall–Kier alpha value is -1.84. The number of likely N-dealkylation sites (tertiary alicyclic amines) is 1. The molecule has 0 bridgehead atoms. The molecule has 0 radical (unpaired) electrons. The van der Waals surface area contributed by atoms with Crippen LogP contribution in [0.5, 0.6) is 0 Å². The molecule has 3 nitrogen and oxygen atoms in total. The van der Waals surface area contributed by atoms with Crippen LogP contribution >= 0.6 is 11.6 Å². The van der Waals surface area contributed by atoms with E-state index in [1.807, 2.05) is 12.1 Å². The zero-order chi connectivity index (χ0) is 16.8. The van der Waals surface area contributed by atoms with Gasteiger partial charge in [0.2, 0.25) is 0 Å². The van der Waals surface area contributed by atoms with Crippen LogP contribution in [0.1, 0.15) is 40.7 Å². The van der Waals surface area contributed by atoms with Crippen molar-refractivity contribution in [2.75, 3.05) is 13.1 Å². The summed E-state index contributed by atoms with van der Waals surface area (Å²) in [6, 6.07) is 15.6. The van der Waals surface area contributed by atoms with Gasteiger partial charge in [-0.15, -0.1) is 0 Å². The molecule has 24 heavy (non-hydrogen) atoms. The molecular weight excluding hydrogens is 320 g/mol. The summed E-state index contributed by atoms with van der Waals surface area (Å²) in [5.74, 6) is -0.141. The second-order valence-corrected chi connectivity index (χ2v) is 6.72. The van der Waals surface area contributed by atoms with Crippen LogP contribution in [0.2, 0.25) is 5.02 Å². The van der Waals surface area contributed by atoms with E-state index in [0.29, 0.717) is 17.1 Å². The van der Waals surface area contributed by atoms with Crippen LogP contribution in [-0.4, -0.2) is 23.9 Å². The first kappa shape index (κ1) is 17.0. The van der Waals surface area contributed by atoms with Crippen molar-refractivity contribution >= 4 is 17.5 Å². The number of hydrogen-bond acceptors (Lipinski definition) is 2. The standard InChI is InChI=1S/C20H23ClN2O/c21-19-7-3-2-6-18(19)20(24)22-14-16-8-10-17(11-9-16)15-23-12-4-1-5-13-23/h2-3,6-11H,1,4-5,12-15H2,(H,22,24). The molecule has 0 spiro atoms. The van der Waals surface area contributed by atoms with Crippen LogP contribution in [0.25, 0.3) is 0 Å². The molecule has 0 atom stereocenters. The highest BCUT2D eigenvalue weighted by Gasteiger charge is 2.11. The van der Waals surface area contributed by atoms with Gasteiger partial charge in [-0.25, -0.2) is 0 Å². The van der Waals surface area contributed by atoms with Gasteiger partial charge >= 0.3 is 0 Å². The second-order valence-electron chi connectivity index (χ2n) is 6.32. The maximum Gasteiger partial charge on any atom is 0.253 e. The first-order chi connectivity index (χ1) is 11.7. The fraction of sp³-hybridized carbons (Fsp3) is 0.350. The van der Waals surface area contributed by atoms with Crippen molar-refractivity contribution in [1.29, 1.82) is 0 Å². The van der Waals surface area contributed by atoms with E-state index in [2.05, 4.69) is 34.5 Å². The molecular formula is C20H23ClN2O. The monoisotopic (exact) mass is 342 g/mol. The van der Waals surface area contributed by atoms with Crippen molar-refractivity contribution in [2.24, 2.45) is 0 Å². The van der Waals surface area contributed by atoms with E-state index >= 15 is 0 Å². The summed E-state index contributed by atoms with van der Waals surface area (Å²) in [4.78, 5) is 14.7. The molecule has 2 aromatic rings. The van der Waals surface area contributed by atoms with Crippen LogP contribution < -0.4 is 5.32 Å². The lowest BCUT2D eigenvalue weighted by atomic mass is 10.1. The van der Waals surface area contributed by atoms with Crippen LogP contribution in [-0.2, 0) is 13.1 Å². The normalized spacial score (nSPS) is 15.2. The first-order valence-corrected chi connectivity index (χ1v) is 8.93. The molecule has 1 aliphatic rings. The second kappa shape index (κ2) is 8.32. The van der Waals surface area contributed by atoms with Crippen molar-refractivity contribution in [2.45, 2.75) is 32.4 Å². The number of benzene rings is 2. The van der Waals surface area contributed by atoms with Gasteiger partial charge in [-0.2, -0.15) is 0 Å². The summed E-state index contributed by atoms with van der Waals surface area (Å²) < 4.78 is 0. The maximum absolute atomic E-state index is 12.2. The lowest BCUT2D eigenvalue weighted by molar-refractivity contribution is 0.0951. The molecule has 3 rings (SSSR count). The lowest BCUT2D eigenvalue weighted by Gasteiger charge is -2.26. The fourth-order valence-corrected chi connectivity index (χ4v) is 3.28. The van der Waals surface area contributed by atoms with Gasteiger partial charge in [0.1, 0.15) is 0 Å². The van der Waals surface area contributed by atoms with Gasteiger partial charge in [0.05, 0.1) is 10.6 Å². The molecule has 1 amide bonds. The summed E-state index contributed by atoms with van der Waals surface area (Å²) in [5.41, 5.74) is 2.94. The van der Waals surface area contributed by atoms with Crippen molar-refractivity contribution < 1.29 is 4.79 Å². The van der Waals surface area contributed by atoms with Gasteiger partial charge in [-0.3, -0.25) is 9.69 Å². The Balaban J connectivity index is 1.52. The molecule has 1 heterocycles. The summed E-state index contributed by atoms with van der Waals surface area (Å²) in [6.45, 7) is 3.94. The highest BCUT2D eigenvalue weighted by atomic mass is 35.5. The zero-order valence-electron chi connectivity index (χ0n) is 13.8. The Kier molecular flexibility index (Phi) is 5.89. The number of carbonyl (C=O) groups excluding carboxylic acids is 1. The molecule has 0 aromatic heterocycles. The van der Waals surface area contributed by atoms with Crippen molar-refractivity contribution in [3.8, 4) is 0 Å². The van der Waals surface area contributed by atoms with E-state index in [4.69, 9.17) is 11.6 Å². The third-order valence-corrected chi connectivity index (χ3v) is 4.78. The van der Waals surface area contributed by atoms with E-state index in [9.17, 15) is 4.79 Å². The first-order valence-electron chi connectivity index (χ1n) is 8.55. The predicted octanol–water partition coefficient (Wildman–Crippen LogP) is 4.26. The Bertz CT molecular complexity index is 678. The quantitative estimate of drug-likeness (QED) is 0.880. The molecule has 1 saturated heterocycles. The number of hydrogen-bond donors (Lipinski definition) is 1. The summed E-state index contributed by atoms with van der Waals surface area (Å²) in [5, 5.41) is 3.40. The number of halogens is 1. The van der Waals surface area contributed by atoms with Crippen molar-refractivity contribution in [3.63, 3.8) is 0 Å². The third-order valence-electron chi connectivity index (χ3n) is 4.45. The number of rotatable bonds is 5. The number of nitrogens with zero attached hydrogens (tertiary/aromatic N) is 1. The highest BCUT2D eigenvalue weighted by molar-refractivity contribution is 6.33. The molecule has 1 aliphatic heterocycles. The van der Waals surface area contributed by atoms with Crippen molar-refractivity contribution in [3.05, 3.63) is 70.2 Å². The van der Waals surface area contributed by atoms with Crippen LogP contribution in [0.15, 0.2) is 48.5 Å². The van der Waals surface area contributed by atoms with Gasteiger partial charge in [-0.1, -0.05) is 54.4 Å². The van der Waals surface area contributed by atoms with E-state index in [1.54, 1.807) is 12.1 Å². The van der Waals surface area contributed by atoms with Gasteiger partial charge < -0.3 is 5.32 Å². The predicted molar refractivity (Wildman–Crippen MR) is 98.2 cm³/mol. The van der Waals surface area contributed by atoms with E-state index in [0.717, 1.165) is 12.1 Å². The van der Waals surface area contributed by atoms with E-state index < -0.39 is 0 Å². The molecule has 0 unspecified atom stereocenters. The van der Waals surface area contributed by atoms with Gasteiger partial charge in [0, 0.05) is 13.1 Å². The Morgan fingerprint density at radius 2 is 1.62 bits per heavy atom.